The summed E-state index contributed by atoms with van der Waals surface area (Å²) in [4.78, 5) is 0. The van der Waals surface area contributed by atoms with E-state index in [-0.39, 0.29) is 6.10 Å². The molecule has 0 amide bonds. The Hall–Kier alpha value is -0.300. The van der Waals surface area contributed by atoms with Gasteiger partial charge in [0.1, 0.15) is 0 Å². The van der Waals surface area contributed by atoms with Crippen molar-refractivity contribution in [2.75, 3.05) is 0 Å². The van der Waals surface area contributed by atoms with Crippen LogP contribution in [-0.2, 0) is 0 Å². The van der Waals surface area contributed by atoms with Gasteiger partial charge in [0.15, 0.2) is 0 Å². The maximum atomic E-state index is 9.84. The summed E-state index contributed by atoms with van der Waals surface area (Å²) in [6, 6.07) is 0. The van der Waals surface area contributed by atoms with Gasteiger partial charge in [-0.2, -0.15) is 0 Å². The molecule has 0 heterocycles. The van der Waals surface area contributed by atoms with Gasteiger partial charge in [-0.3, -0.25) is 0 Å². The Morgan fingerprint density at radius 3 is 2.15 bits per heavy atom. The van der Waals surface area contributed by atoms with Crippen LogP contribution in [0.15, 0.2) is 12.2 Å². The van der Waals surface area contributed by atoms with Crippen LogP contribution in [-0.4, -0.2) is 11.2 Å². The van der Waals surface area contributed by atoms with E-state index in [1.54, 1.807) is 0 Å². The minimum atomic E-state index is -0.0752. The van der Waals surface area contributed by atoms with Crippen molar-refractivity contribution in [3.63, 3.8) is 0 Å². The Morgan fingerprint density at radius 1 is 0.800 bits per heavy atom. The van der Waals surface area contributed by atoms with Crippen LogP contribution in [0.3, 0.4) is 0 Å². The smallest absolute Gasteiger partial charge is 0.0540 e. The quantitative estimate of drug-likeness (QED) is 0.294. The zero-order valence-electron chi connectivity index (χ0n) is 14.2. The van der Waals surface area contributed by atoms with Gasteiger partial charge in [-0.05, 0) is 38.0 Å². The van der Waals surface area contributed by atoms with Crippen molar-refractivity contribution < 1.29 is 5.11 Å². The monoisotopic (exact) mass is 282 g/mol. The van der Waals surface area contributed by atoms with Crippen molar-refractivity contribution in [1.29, 1.82) is 0 Å². The van der Waals surface area contributed by atoms with E-state index in [0.29, 0.717) is 0 Å². The van der Waals surface area contributed by atoms with E-state index in [0.717, 1.165) is 18.8 Å². The number of hydrogen-bond donors (Lipinski definition) is 1. The van der Waals surface area contributed by atoms with Crippen LogP contribution in [0.1, 0.15) is 97.8 Å². The van der Waals surface area contributed by atoms with Gasteiger partial charge in [0, 0.05) is 0 Å². The molecule has 0 aromatic carbocycles. The second-order valence-corrected chi connectivity index (χ2v) is 6.20. The molecular formula is C19H38O. The molecule has 120 valence electrons. The van der Waals surface area contributed by atoms with Crippen LogP contribution in [0.5, 0.6) is 0 Å². The van der Waals surface area contributed by atoms with Gasteiger partial charge >= 0.3 is 0 Å². The normalized spacial score (nSPS) is 14.8. The highest BCUT2D eigenvalue weighted by Crippen LogP contribution is 2.23. The highest BCUT2D eigenvalue weighted by molar-refractivity contribution is 4.80. The van der Waals surface area contributed by atoms with E-state index in [1.165, 1.54) is 64.2 Å². The van der Waals surface area contributed by atoms with Crippen LogP contribution in [0.4, 0.5) is 0 Å². The van der Waals surface area contributed by atoms with Gasteiger partial charge in [0.05, 0.1) is 6.10 Å². The van der Waals surface area contributed by atoms with Crippen LogP contribution in [0, 0.1) is 5.92 Å². The molecule has 0 aromatic rings. The third kappa shape index (κ3) is 12.7. The molecule has 1 nitrogen and oxygen atoms in total. The third-order valence-electron chi connectivity index (χ3n) is 4.15. The average molecular weight is 283 g/mol. The molecule has 0 aliphatic rings. The lowest BCUT2D eigenvalue weighted by Crippen LogP contribution is -2.13. The average Bonchev–Trinajstić information content (AvgIpc) is 2.46. The Balaban J connectivity index is 3.67. The number of unbranched alkanes of at least 4 members (excludes halogenated alkanes) is 5. The fourth-order valence-corrected chi connectivity index (χ4v) is 2.70. The molecule has 1 heteroatoms. The molecule has 0 aliphatic carbocycles. The predicted molar refractivity (Wildman–Crippen MR) is 91.1 cm³/mol. The van der Waals surface area contributed by atoms with Crippen molar-refractivity contribution in [2.24, 2.45) is 5.92 Å². The predicted octanol–water partition coefficient (Wildman–Crippen LogP) is 6.26. The molecular weight excluding hydrogens is 244 g/mol. The van der Waals surface area contributed by atoms with Gasteiger partial charge in [0.2, 0.25) is 0 Å². The van der Waals surface area contributed by atoms with Crippen molar-refractivity contribution in [2.45, 2.75) is 104 Å². The lowest BCUT2D eigenvalue weighted by molar-refractivity contribution is 0.131. The Kier molecular flexibility index (Phi) is 14.9. The van der Waals surface area contributed by atoms with E-state index in [2.05, 4.69) is 32.9 Å². The van der Waals surface area contributed by atoms with Gasteiger partial charge in [-0.15, -0.1) is 0 Å². The lowest BCUT2D eigenvalue weighted by Gasteiger charge is -2.19. The molecule has 0 fully saturated rings. The summed E-state index contributed by atoms with van der Waals surface area (Å²) in [5.74, 6) is 0.750. The standard InChI is InChI=1S/C19H38O/c1-4-7-9-10-11-12-13-14-16-18(15-8-5-2)17-19(20)6-3/h9-10,18-20H,4-8,11-17H2,1-3H3. The summed E-state index contributed by atoms with van der Waals surface area (Å²) in [7, 11) is 0. The molecule has 0 saturated carbocycles. The number of aliphatic hydroxyl groups is 1. The molecule has 2 unspecified atom stereocenters. The van der Waals surface area contributed by atoms with Crippen molar-refractivity contribution in [1.82, 2.24) is 0 Å². The van der Waals surface area contributed by atoms with Gasteiger partial charge < -0.3 is 5.11 Å². The number of allylic oxidation sites excluding steroid dienone is 2. The van der Waals surface area contributed by atoms with Crippen molar-refractivity contribution in [3.05, 3.63) is 12.2 Å². The molecule has 0 aliphatic heterocycles. The Labute approximate surface area is 127 Å². The minimum absolute atomic E-state index is 0.0752. The zero-order chi connectivity index (χ0) is 15.1. The maximum absolute atomic E-state index is 9.84. The summed E-state index contributed by atoms with van der Waals surface area (Å²) in [5, 5.41) is 9.84. The molecule has 0 saturated heterocycles. The van der Waals surface area contributed by atoms with Crippen LogP contribution >= 0.6 is 0 Å². The highest BCUT2D eigenvalue weighted by atomic mass is 16.3. The first-order valence-corrected chi connectivity index (χ1v) is 9.07. The SMILES string of the molecule is CCCC=CCCCCCC(CCCC)CC(O)CC. The minimum Gasteiger partial charge on any atom is -0.393 e. The van der Waals surface area contributed by atoms with E-state index < -0.39 is 0 Å². The number of rotatable bonds is 14. The van der Waals surface area contributed by atoms with Crippen molar-refractivity contribution >= 4 is 0 Å². The summed E-state index contributed by atoms with van der Waals surface area (Å²) < 4.78 is 0. The van der Waals surface area contributed by atoms with E-state index in [9.17, 15) is 5.11 Å². The molecule has 1 N–H and O–H groups in total. The largest absolute Gasteiger partial charge is 0.393 e. The number of hydrogen-bond acceptors (Lipinski definition) is 1. The molecule has 2 atom stereocenters. The topological polar surface area (TPSA) is 20.2 Å². The summed E-state index contributed by atoms with van der Waals surface area (Å²) in [5.41, 5.74) is 0. The second kappa shape index (κ2) is 15.1. The first-order chi connectivity index (χ1) is 9.74. The highest BCUT2D eigenvalue weighted by Gasteiger charge is 2.12. The first kappa shape index (κ1) is 19.7. The van der Waals surface area contributed by atoms with Crippen LogP contribution in [0.2, 0.25) is 0 Å². The molecule has 0 spiro atoms. The van der Waals surface area contributed by atoms with E-state index >= 15 is 0 Å². The first-order valence-electron chi connectivity index (χ1n) is 9.07. The van der Waals surface area contributed by atoms with Crippen molar-refractivity contribution in [3.8, 4) is 0 Å². The van der Waals surface area contributed by atoms with E-state index in [1.807, 2.05) is 0 Å². The van der Waals surface area contributed by atoms with Gasteiger partial charge in [-0.1, -0.05) is 77.9 Å². The molecule has 0 bridgehead atoms. The van der Waals surface area contributed by atoms with Gasteiger partial charge in [0.25, 0.3) is 0 Å². The fourth-order valence-electron chi connectivity index (χ4n) is 2.70. The molecule has 20 heavy (non-hydrogen) atoms. The fraction of sp³-hybridized carbons (Fsp3) is 0.895. The summed E-state index contributed by atoms with van der Waals surface area (Å²) in [6.45, 7) is 6.58. The van der Waals surface area contributed by atoms with Crippen LogP contribution in [0.25, 0.3) is 0 Å². The summed E-state index contributed by atoms with van der Waals surface area (Å²) in [6.07, 6.45) is 19.5. The maximum Gasteiger partial charge on any atom is 0.0540 e. The molecule has 0 aromatic heterocycles. The Morgan fingerprint density at radius 2 is 1.50 bits per heavy atom. The zero-order valence-corrected chi connectivity index (χ0v) is 14.2. The third-order valence-corrected chi connectivity index (χ3v) is 4.15. The summed E-state index contributed by atoms with van der Waals surface area (Å²) >= 11 is 0. The Bertz CT molecular complexity index is 210. The van der Waals surface area contributed by atoms with Gasteiger partial charge in [-0.25, -0.2) is 0 Å². The second-order valence-electron chi connectivity index (χ2n) is 6.20. The molecule has 0 radical (unpaired) electrons. The molecule has 0 rings (SSSR count). The van der Waals surface area contributed by atoms with Crippen LogP contribution < -0.4 is 0 Å². The number of aliphatic hydroxyl groups excluding tert-OH is 1. The van der Waals surface area contributed by atoms with E-state index in [4.69, 9.17) is 0 Å². The lowest BCUT2D eigenvalue weighted by atomic mass is 9.89.